The van der Waals surface area contributed by atoms with Gasteiger partial charge in [0, 0.05) is 23.4 Å². The number of rotatable bonds is 9. The van der Waals surface area contributed by atoms with Crippen molar-refractivity contribution in [3.8, 4) is 22.7 Å². The van der Waals surface area contributed by atoms with Gasteiger partial charge in [0.2, 0.25) is 11.9 Å². The molecule has 0 bridgehead atoms. The molecule has 0 unspecified atom stereocenters. The van der Waals surface area contributed by atoms with E-state index >= 15 is 0 Å². The van der Waals surface area contributed by atoms with E-state index in [-0.39, 0.29) is 19.1 Å². The summed E-state index contributed by atoms with van der Waals surface area (Å²) >= 11 is 0. The fourth-order valence-corrected chi connectivity index (χ4v) is 3.83. The molecule has 0 atom stereocenters. The van der Waals surface area contributed by atoms with Gasteiger partial charge < -0.3 is 19.4 Å². The van der Waals surface area contributed by atoms with Gasteiger partial charge in [-0.05, 0) is 52.0 Å². The number of nitrogens with one attached hydrogen (secondary N) is 2. The molecule has 2 aromatic heterocycles. The average Bonchev–Trinajstić information content (AvgIpc) is 3.54. The molecule has 38 heavy (non-hydrogen) atoms. The number of imidazole rings is 1. The number of furan rings is 1. The first-order valence-corrected chi connectivity index (χ1v) is 12.5. The molecular formula is C29H33N5O4. The number of hydrogen-bond donors (Lipinski definition) is 2. The molecule has 0 spiro atoms. The van der Waals surface area contributed by atoms with Gasteiger partial charge in [0.1, 0.15) is 18.1 Å². The molecule has 198 valence electrons. The summed E-state index contributed by atoms with van der Waals surface area (Å²) in [6.45, 7) is 8.05. The maximum Gasteiger partial charge on any atom is 0.318 e. The van der Waals surface area contributed by atoms with Crippen molar-refractivity contribution in [2.24, 2.45) is 0 Å². The highest BCUT2D eigenvalue weighted by Crippen LogP contribution is 2.26. The Morgan fingerprint density at radius 3 is 2.53 bits per heavy atom. The molecule has 0 fully saturated rings. The minimum absolute atomic E-state index is 0.141. The zero-order valence-corrected chi connectivity index (χ0v) is 22.1. The van der Waals surface area contributed by atoms with Crippen molar-refractivity contribution in [3.63, 3.8) is 0 Å². The number of carbonyl (C=O) groups is 2. The summed E-state index contributed by atoms with van der Waals surface area (Å²) in [5.41, 5.74) is 1.91. The molecule has 0 saturated heterocycles. The zero-order chi connectivity index (χ0) is 27.1. The van der Waals surface area contributed by atoms with Crippen molar-refractivity contribution in [1.82, 2.24) is 19.8 Å². The summed E-state index contributed by atoms with van der Waals surface area (Å²) in [6.07, 6.45) is 3.40. The van der Waals surface area contributed by atoms with Crippen LogP contribution in [0.4, 0.5) is 10.7 Å². The van der Waals surface area contributed by atoms with Gasteiger partial charge in [0.25, 0.3) is 0 Å². The lowest BCUT2D eigenvalue weighted by atomic mass is 10.1. The van der Waals surface area contributed by atoms with Gasteiger partial charge >= 0.3 is 6.03 Å². The predicted octanol–water partition coefficient (Wildman–Crippen LogP) is 5.48. The standard InChI is InChI=1S/C29H33N5O4/c1-5-37-23-14-9-13-22(17-23)34-19-25(21-11-7-6-8-12-21)30-27(34)31-26(35)20-33(18-24-15-10-16-38-24)28(36)32-29(2,3)4/h6-17,19H,5,18,20H2,1-4H3,(H,32,36)(H,30,31,35). The Morgan fingerprint density at radius 1 is 1.05 bits per heavy atom. The molecule has 2 heterocycles. The van der Waals surface area contributed by atoms with Gasteiger partial charge in [-0.25, -0.2) is 9.78 Å². The third-order valence-corrected chi connectivity index (χ3v) is 5.46. The number of ether oxygens (including phenoxy) is 1. The molecule has 0 aliphatic heterocycles. The summed E-state index contributed by atoms with van der Waals surface area (Å²) in [7, 11) is 0. The van der Waals surface area contributed by atoms with Crippen LogP contribution in [0.25, 0.3) is 16.9 Å². The van der Waals surface area contributed by atoms with Gasteiger partial charge in [0.05, 0.1) is 30.8 Å². The van der Waals surface area contributed by atoms with Crippen molar-refractivity contribution < 1.29 is 18.7 Å². The third-order valence-electron chi connectivity index (χ3n) is 5.46. The Bertz CT molecular complexity index is 1360. The second-order valence-corrected chi connectivity index (χ2v) is 9.78. The van der Waals surface area contributed by atoms with E-state index in [9.17, 15) is 9.59 Å². The third kappa shape index (κ3) is 7.03. The zero-order valence-electron chi connectivity index (χ0n) is 22.1. The number of aromatic nitrogens is 2. The van der Waals surface area contributed by atoms with E-state index in [1.807, 2.05) is 88.5 Å². The van der Waals surface area contributed by atoms with E-state index in [0.717, 1.165) is 11.3 Å². The fraction of sp³-hybridized carbons (Fsp3) is 0.276. The molecule has 0 aliphatic carbocycles. The molecule has 0 aliphatic rings. The maximum absolute atomic E-state index is 13.3. The minimum Gasteiger partial charge on any atom is -0.494 e. The summed E-state index contributed by atoms with van der Waals surface area (Å²) in [6, 6.07) is 20.4. The molecule has 4 aromatic rings. The van der Waals surface area contributed by atoms with Crippen molar-refractivity contribution in [3.05, 3.63) is 85.0 Å². The van der Waals surface area contributed by atoms with Crippen LogP contribution in [-0.2, 0) is 11.3 Å². The number of hydrogen-bond acceptors (Lipinski definition) is 5. The van der Waals surface area contributed by atoms with Crippen molar-refractivity contribution in [2.45, 2.75) is 39.8 Å². The predicted molar refractivity (Wildman–Crippen MR) is 146 cm³/mol. The van der Waals surface area contributed by atoms with E-state index < -0.39 is 11.4 Å². The van der Waals surface area contributed by atoms with Gasteiger partial charge in [-0.1, -0.05) is 36.4 Å². The summed E-state index contributed by atoms with van der Waals surface area (Å²) in [5, 5.41) is 5.81. The average molecular weight is 516 g/mol. The van der Waals surface area contributed by atoms with Crippen molar-refractivity contribution in [2.75, 3.05) is 18.5 Å². The first kappa shape index (κ1) is 26.5. The lowest BCUT2D eigenvalue weighted by Gasteiger charge is -2.27. The van der Waals surface area contributed by atoms with Crippen LogP contribution >= 0.6 is 0 Å². The molecule has 3 amide bonds. The quantitative estimate of drug-likeness (QED) is 0.307. The Morgan fingerprint density at radius 2 is 1.84 bits per heavy atom. The highest BCUT2D eigenvalue weighted by Gasteiger charge is 2.24. The van der Waals surface area contributed by atoms with E-state index in [1.165, 1.54) is 11.2 Å². The van der Waals surface area contributed by atoms with Gasteiger partial charge in [-0.3, -0.25) is 14.7 Å². The van der Waals surface area contributed by atoms with E-state index in [1.54, 1.807) is 16.7 Å². The second-order valence-electron chi connectivity index (χ2n) is 9.78. The normalized spacial score (nSPS) is 11.2. The number of carbonyl (C=O) groups excluding carboxylic acids is 2. The molecule has 0 saturated carbocycles. The van der Waals surface area contributed by atoms with Gasteiger partial charge in [-0.2, -0.15) is 0 Å². The van der Waals surface area contributed by atoms with Crippen molar-refractivity contribution in [1.29, 1.82) is 0 Å². The molecule has 2 N–H and O–H groups in total. The Balaban J connectivity index is 1.62. The smallest absolute Gasteiger partial charge is 0.318 e. The van der Waals surface area contributed by atoms with Crippen LogP contribution in [0.5, 0.6) is 5.75 Å². The summed E-state index contributed by atoms with van der Waals surface area (Å²) in [4.78, 5) is 32.4. The summed E-state index contributed by atoms with van der Waals surface area (Å²) in [5.74, 6) is 1.22. The van der Waals surface area contributed by atoms with Crippen LogP contribution in [0.15, 0.2) is 83.6 Å². The minimum atomic E-state index is -0.471. The molecule has 9 heteroatoms. The Labute approximate surface area is 222 Å². The molecular weight excluding hydrogens is 482 g/mol. The molecule has 2 aromatic carbocycles. The first-order valence-electron chi connectivity index (χ1n) is 12.5. The lowest BCUT2D eigenvalue weighted by Crippen LogP contribution is -2.50. The Hall–Kier alpha value is -4.53. The van der Waals surface area contributed by atoms with Crippen LogP contribution in [-0.4, -0.2) is 45.1 Å². The first-order chi connectivity index (χ1) is 18.2. The second kappa shape index (κ2) is 11.7. The van der Waals surface area contributed by atoms with Crippen LogP contribution in [0.1, 0.15) is 33.5 Å². The van der Waals surface area contributed by atoms with E-state index in [2.05, 4.69) is 10.6 Å². The van der Waals surface area contributed by atoms with Crippen LogP contribution in [0, 0.1) is 0 Å². The largest absolute Gasteiger partial charge is 0.494 e. The topological polar surface area (TPSA) is 102 Å². The van der Waals surface area contributed by atoms with Crippen LogP contribution in [0.3, 0.4) is 0 Å². The number of benzene rings is 2. The lowest BCUT2D eigenvalue weighted by molar-refractivity contribution is -0.117. The number of nitrogens with zero attached hydrogens (tertiary/aromatic N) is 3. The molecule has 0 radical (unpaired) electrons. The van der Waals surface area contributed by atoms with Crippen molar-refractivity contribution >= 4 is 17.9 Å². The summed E-state index contributed by atoms with van der Waals surface area (Å²) < 4.78 is 12.9. The van der Waals surface area contributed by atoms with E-state index in [4.69, 9.17) is 14.1 Å². The van der Waals surface area contributed by atoms with Crippen LogP contribution < -0.4 is 15.4 Å². The monoisotopic (exact) mass is 515 g/mol. The molecule has 4 rings (SSSR count). The number of anilines is 1. The highest BCUT2D eigenvalue weighted by atomic mass is 16.5. The highest BCUT2D eigenvalue weighted by molar-refractivity contribution is 5.93. The van der Waals surface area contributed by atoms with Gasteiger partial charge in [0.15, 0.2) is 0 Å². The van der Waals surface area contributed by atoms with Gasteiger partial charge in [-0.15, -0.1) is 0 Å². The fourth-order valence-electron chi connectivity index (χ4n) is 3.83. The Kier molecular flexibility index (Phi) is 8.15. The van der Waals surface area contributed by atoms with E-state index in [0.29, 0.717) is 29.8 Å². The molecule has 9 nitrogen and oxygen atoms in total. The number of amides is 3. The van der Waals surface area contributed by atoms with Crippen LogP contribution in [0.2, 0.25) is 0 Å². The maximum atomic E-state index is 13.3. The SMILES string of the molecule is CCOc1cccc(-n2cc(-c3ccccc3)nc2NC(=O)CN(Cc2ccco2)C(=O)NC(C)(C)C)c1. The number of urea groups is 1.